The molecule has 0 bridgehead atoms. The third kappa shape index (κ3) is 4.69. The fourth-order valence-electron chi connectivity index (χ4n) is 4.45. The average molecular weight is 508 g/mol. The number of nitro groups is 1. The fraction of sp³-hybridized carbons (Fsp3) is 0.138. The van der Waals surface area contributed by atoms with Gasteiger partial charge in [0.2, 0.25) is 0 Å². The summed E-state index contributed by atoms with van der Waals surface area (Å²) < 4.78 is 7.71. The Kier molecular flexibility index (Phi) is 6.34. The number of hydrogen-bond acceptors (Lipinski definition) is 6. The third-order valence-electron chi connectivity index (χ3n) is 6.41. The van der Waals surface area contributed by atoms with Crippen LogP contribution in [0.1, 0.15) is 27.3 Å². The first-order valence-corrected chi connectivity index (χ1v) is 12.0. The van der Waals surface area contributed by atoms with Crippen molar-refractivity contribution in [2.24, 2.45) is 7.05 Å². The van der Waals surface area contributed by atoms with Crippen LogP contribution >= 0.6 is 0 Å². The second kappa shape index (κ2) is 9.78. The molecular formula is C29H25N5O4. The van der Waals surface area contributed by atoms with E-state index >= 15 is 0 Å². The molecule has 190 valence electrons. The van der Waals surface area contributed by atoms with Crippen molar-refractivity contribution in [3.63, 3.8) is 0 Å². The van der Waals surface area contributed by atoms with E-state index in [2.05, 4.69) is 10.4 Å². The van der Waals surface area contributed by atoms with Crippen molar-refractivity contribution in [2.75, 3.05) is 5.32 Å². The van der Waals surface area contributed by atoms with Crippen LogP contribution in [0.4, 0.5) is 11.4 Å². The van der Waals surface area contributed by atoms with E-state index in [0.29, 0.717) is 27.9 Å². The fourth-order valence-corrected chi connectivity index (χ4v) is 4.45. The molecule has 9 nitrogen and oxygen atoms in total. The Labute approximate surface area is 218 Å². The molecule has 9 heteroatoms. The molecule has 0 radical (unpaired) electrons. The number of benzene rings is 3. The van der Waals surface area contributed by atoms with Crippen molar-refractivity contribution in [3.05, 3.63) is 105 Å². The lowest BCUT2D eigenvalue weighted by Crippen LogP contribution is -2.13. The number of aromatic nitrogens is 3. The van der Waals surface area contributed by atoms with Crippen molar-refractivity contribution in [1.82, 2.24) is 14.8 Å². The van der Waals surface area contributed by atoms with Gasteiger partial charge in [0.1, 0.15) is 11.5 Å². The molecule has 5 aromatic rings. The molecule has 1 amide bonds. The Hall–Kier alpha value is -5.05. The highest BCUT2D eigenvalue weighted by atomic mass is 16.6. The number of nitrogens with zero attached hydrogens (tertiary/aromatic N) is 4. The zero-order valence-electron chi connectivity index (χ0n) is 21.4. The van der Waals surface area contributed by atoms with Crippen molar-refractivity contribution >= 4 is 28.2 Å². The van der Waals surface area contributed by atoms with Gasteiger partial charge in [-0.05, 0) is 44.5 Å². The van der Waals surface area contributed by atoms with E-state index in [1.54, 1.807) is 22.9 Å². The predicted molar refractivity (Wildman–Crippen MR) is 146 cm³/mol. The zero-order chi connectivity index (χ0) is 27.0. The summed E-state index contributed by atoms with van der Waals surface area (Å²) in [7, 11) is 1.86. The summed E-state index contributed by atoms with van der Waals surface area (Å²) >= 11 is 0. The normalized spacial score (nSPS) is 10.9. The maximum Gasteiger partial charge on any atom is 0.275 e. The van der Waals surface area contributed by atoms with Crippen LogP contribution < -0.4 is 10.1 Å². The molecule has 0 saturated heterocycles. The first-order valence-electron chi connectivity index (χ1n) is 12.0. The SMILES string of the molecule is Cc1ccccc1Oc1cc(NC(=O)c2cc(-c3c(C)nn(C)c3C)nc3ccccc23)cc([N+](=O)[O-])c1. The van der Waals surface area contributed by atoms with Crippen LogP contribution in [0.3, 0.4) is 0 Å². The van der Waals surface area contributed by atoms with Crippen LogP contribution in [-0.4, -0.2) is 25.6 Å². The highest BCUT2D eigenvalue weighted by Crippen LogP contribution is 2.33. The van der Waals surface area contributed by atoms with Crippen LogP contribution in [0.25, 0.3) is 22.2 Å². The maximum absolute atomic E-state index is 13.6. The summed E-state index contributed by atoms with van der Waals surface area (Å²) in [5, 5.41) is 19.6. The summed E-state index contributed by atoms with van der Waals surface area (Å²) in [5.41, 5.74) is 5.17. The number of fused-ring (bicyclic) bond motifs is 1. The van der Waals surface area contributed by atoms with E-state index in [1.807, 2.05) is 70.3 Å². The number of non-ortho nitro benzene ring substituents is 1. The second-order valence-corrected chi connectivity index (χ2v) is 9.04. The minimum atomic E-state index is -0.520. The van der Waals surface area contributed by atoms with Crippen molar-refractivity contribution in [1.29, 1.82) is 0 Å². The van der Waals surface area contributed by atoms with E-state index in [1.165, 1.54) is 12.1 Å². The summed E-state index contributed by atoms with van der Waals surface area (Å²) in [6.07, 6.45) is 0. The standard InChI is InChI=1S/C29H25N5O4/c1-17-9-5-8-12-27(17)38-22-14-20(13-21(15-22)34(36)37)30-29(35)24-16-26(28-18(2)32-33(4)19(28)3)31-25-11-7-6-10-23(24)25/h5-16H,1-4H3,(H,30,35). The topological polar surface area (TPSA) is 112 Å². The second-order valence-electron chi connectivity index (χ2n) is 9.04. The van der Waals surface area contributed by atoms with Crippen molar-refractivity contribution < 1.29 is 14.5 Å². The quantitative estimate of drug-likeness (QED) is 0.207. The van der Waals surface area contributed by atoms with Crippen LogP contribution in [-0.2, 0) is 7.05 Å². The monoisotopic (exact) mass is 507 g/mol. The van der Waals surface area contributed by atoms with Gasteiger partial charge >= 0.3 is 0 Å². The van der Waals surface area contributed by atoms with E-state index in [-0.39, 0.29) is 17.1 Å². The van der Waals surface area contributed by atoms with Gasteiger partial charge in [0.05, 0.1) is 39.1 Å². The molecule has 38 heavy (non-hydrogen) atoms. The van der Waals surface area contributed by atoms with Gasteiger partial charge < -0.3 is 10.1 Å². The van der Waals surface area contributed by atoms with E-state index in [0.717, 1.165) is 22.5 Å². The molecule has 3 aromatic carbocycles. The number of aryl methyl sites for hydroxylation is 3. The van der Waals surface area contributed by atoms with Gasteiger partial charge in [-0.15, -0.1) is 0 Å². The number of anilines is 1. The first-order chi connectivity index (χ1) is 18.2. The number of rotatable bonds is 6. The smallest absolute Gasteiger partial charge is 0.275 e. The molecular weight excluding hydrogens is 482 g/mol. The summed E-state index contributed by atoms with van der Waals surface area (Å²) in [6, 6.07) is 20.7. The predicted octanol–water partition coefficient (Wildman–Crippen LogP) is 6.51. The minimum Gasteiger partial charge on any atom is -0.457 e. The third-order valence-corrected chi connectivity index (χ3v) is 6.41. The zero-order valence-corrected chi connectivity index (χ0v) is 21.4. The number of nitrogens with one attached hydrogen (secondary N) is 1. The number of nitro benzene ring substituents is 1. The van der Waals surface area contributed by atoms with Crippen molar-refractivity contribution in [3.8, 4) is 22.8 Å². The summed E-state index contributed by atoms with van der Waals surface area (Å²) in [5.74, 6) is 0.384. The molecule has 0 aliphatic heterocycles. The Morgan fingerprint density at radius 1 is 1.00 bits per heavy atom. The van der Waals surface area contributed by atoms with Gasteiger partial charge in [-0.2, -0.15) is 5.10 Å². The molecule has 0 atom stereocenters. The molecule has 2 aromatic heterocycles. The molecule has 0 spiro atoms. The Morgan fingerprint density at radius 2 is 1.74 bits per heavy atom. The number of hydrogen-bond donors (Lipinski definition) is 1. The van der Waals surface area contributed by atoms with Gasteiger partial charge in [-0.3, -0.25) is 19.6 Å². The van der Waals surface area contributed by atoms with Gasteiger partial charge in [0.25, 0.3) is 11.6 Å². The lowest BCUT2D eigenvalue weighted by molar-refractivity contribution is -0.384. The number of ether oxygens (including phenoxy) is 1. The van der Waals surface area contributed by atoms with Crippen LogP contribution in [0, 0.1) is 30.9 Å². The Bertz CT molecular complexity index is 1720. The largest absolute Gasteiger partial charge is 0.457 e. The van der Waals surface area contributed by atoms with Gasteiger partial charge in [0.15, 0.2) is 0 Å². The minimum absolute atomic E-state index is 0.201. The highest BCUT2D eigenvalue weighted by molar-refractivity contribution is 6.13. The van der Waals surface area contributed by atoms with Crippen LogP contribution in [0.2, 0.25) is 0 Å². The molecule has 0 saturated carbocycles. The molecule has 1 N–H and O–H groups in total. The summed E-state index contributed by atoms with van der Waals surface area (Å²) in [4.78, 5) is 29.5. The number of carbonyl (C=O) groups excluding carboxylic acids is 1. The van der Waals surface area contributed by atoms with Gasteiger partial charge in [0, 0.05) is 35.8 Å². The molecule has 5 rings (SSSR count). The molecule has 0 unspecified atom stereocenters. The highest BCUT2D eigenvalue weighted by Gasteiger charge is 2.20. The van der Waals surface area contributed by atoms with Gasteiger partial charge in [-0.25, -0.2) is 4.98 Å². The summed E-state index contributed by atoms with van der Waals surface area (Å²) in [6.45, 7) is 5.73. The lowest BCUT2D eigenvalue weighted by Gasteiger charge is -2.13. The molecule has 0 aliphatic rings. The van der Waals surface area contributed by atoms with Gasteiger partial charge in [-0.1, -0.05) is 36.4 Å². The van der Waals surface area contributed by atoms with E-state index < -0.39 is 10.8 Å². The van der Waals surface area contributed by atoms with Crippen LogP contribution in [0.5, 0.6) is 11.5 Å². The molecule has 0 fully saturated rings. The molecule has 0 aliphatic carbocycles. The average Bonchev–Trinajstić information content (AvgIpc) is 3.15. The number of amides is 1. The Morgan fingerprint density at radius 3 is 2.45 bits per heavy atom. The van der Waals surface area contributed by atoms with E-state index in [4.69, 9.17) is 9.72 Å². The van der Waals surface area contributed by atoms with Crippen LogP contribution in [0.15, 0.2) is 72.8 Å². The van der Waals surface area contributed by atoms with E-state index in [9.17, 15) is 14.9 Å². The number of carbonyl (C=O) groups is 1. The maximum atomic E-state index is 13.6. The first kappa shape index (κ1) is 24.6. The Balaban J connectivity index is 1.56. The number of para-hydroxylation sites is 2. The lowest BCUT2D eigenvalue weighted by atomic mass is 10.0. The van der Waals surface area contributed by atoms with Crippen molar-refractivity contribution in [2.45, 2.75) is 20.8 Å². The molecule has 2 heterocycles. The number of pyridine rings is 1.